The molecule has 0 spiro atoms. The highest BCUT2D eigenvalue weighted by Crippen LogP contribution is 2.29. The number of benzene rings is 1. The van der Waals surface area contributed by atoms with Gasteiger partial charge in [0.2, 0.25) is 9.84 Å². The van der Waals surface area contributed by atoms with Crippen LogP contribution in [0.25, 0.3) is 0 Å². The predicted molar refractivity (Wildman–Crippen MR) is 80.0 cm³/mol. The maximum atomic E-state index is 12.4. The van der Waals surface area contributed by atoms with Crippen molar-refractivity contribution in [1.82, 2.24) is 0 Å². The molecule has 0 N–H and O–H groups in total. The Bertz CT molecular complexity index is 513. The molecule has 0 fully saturated rings. The normalized spacial score (nSPS) is 13.4. The van der Waals surface area contributed by atoms with Gasteiger partial charge < -0.3 is 0 Å². The van der Waals surface area contributed by atoms with Crippen LogP contribution < -0.4 is 0 Å². The fourth-order valence-electron chi connectivity index (χ4n) is 1.58. The van der Waals surface area contributed by atoms with E-state index in [9.17, 15) is 8.42 Å². The van der Waals surface area contributed by atoms with Gasteiger partial charge in [-0.3, -0.25) is 0 Å². The molecule has 1 aromatic rings. The topological polar surface area (TPSA) is 34.1 Å². The summed E-state index contributed by atoms with van der Waals surface area (Å²) in [6.07, 6.45) is 1.30. The van der Waals surface area contributed by atoms with Crippen molar-refractivity contribution in [2.45, 2.75) is 38.5 Å². The average Bonchev–Trinajstić information content (AvgIpc) is 2.29. The lowest BCUT2D eigenvalue weighted by Gasteiger charge is -2.10. The van der Waals surface area contributed by atoms with E-state index in [1.54, 1.807) is 12.1 Å². The molecule has 0 bridgehead atoms. The Kier molecular flexibility index (Phi) is 5.19. The van der Waals surface area contributed by atoms with Crippen LogP contribution in [-0.4, -0.2) is 8.42 Å². The Balaban J connectivity index is 3.33. The van der Waals surface area contributed by atoms with E-state index in [0.29, 0.717) is 16.2 Å². The molecule has 0 radical (unpaired) electrons. The van der Waals surface area contributed by atoms with Gasteiger partial charge in [-0.25, -0.2) is 8.42 Å². The van der Waals surface area contributed by atoms with Crippen molar-refractivity contribution in [3.8, 4) is 0 Å². The molecule has 0 aliphatic rings. The Morgan fingerprint density at radius 3 is 2.06 bits per heavy atom. The standard InChI is InChI=1S/C13H17IO2S/c1-4-12(14)13(5-2)17(15,16)11-8-6-10(3)7-9-11/h6-9H,4-5H2,1-3H3/b13-12+. The first-order valence-corrected chi connectivity index (χ1v) is 8.19. The summed E-state index contributed by atoms with van der Waals surface area (Å²) in [5.74, 6) is 0. The maximum Gasteiger partial charge on any atom is 0.203 e. The summed E-state index contributed by atoms with van der Waals surface area (Å²) >= 11 is 2.13. The lowest BCUT2D eigenvalue weighted by Crippen LogP contribution is -2.05. The van der Waals surface area contributed by atoms with Gasteiger partial charge in [-0.1, -0.05) is 31.5 Å². The van der Waals surface area contributed by atoms with E-state index < -0.39 is 9.84 Å². The molecule has 0 aliphatic carbocycles. The largest absolute Gasteiger partial charge is 0.219 e. The van der Waals surface area contributed by atoms with E-state index in [1.807, 2.05) is 32.9 Å². The van der Waals surface area contributed by atoms with Crippen molar-refractivity contribution in [2.75, 3.05) is 0 Å². The van der Waals surface area contributed by atoms with Crippen LogP contribution in [0.1, 0.15) is 32.3 Å². The molecule has 0 saturated carbocycles. The second kappa shape index (κ2) is 6.00. The minimum Gasteiger partial charge on any atom is -0.219 e. The molecule has 94 valence electrons. The van der Waals surface area contributed by atoms with Crippen molar-refractivity contribution in [3.63, 3.8) is 0 Å². The Morgan fingerprint density at radius 2 is 1.65 bits per heavy atom. The van der Waals surface area contributed by atoms with Crippen molar-refractivity contribution in [3.05, 3.63) is 38.3 Å². The summed E-state index contributed by atoms with van der Waals surface area (Å²) in [5.41, 5.74) is 1.07. The van der Waals surface area contributed by atoms with E-state index in [-0.39, 0.29) is 0 Å². The molecule has 2 nitrogen and oxygen atoms in total. The highest BCUT2D eigenvalue weighted by Gasteiger charge is 2.21. The lowest BCUT2D eigenvalue weighted by atomic mass is 10.2. The molecule has 0 unspecified atom stereocenters. The zero-order valence-corrected chi connectivity index (χ0v) is 13.3. The molecular formula is C13H17IO2S. The van der Waals surface area contributed by atoms with Gasteiger partial charge in [-0.2, -0.15) is 0 Å². The molecule has 0 heterocycles. The van der Waals surface area contributed by atoms with Crippen LogP contribution >= 0.6 is 22.6 Å². The van der Waals surface area contributed by atoms with E-state index >= 15 is 0 Å². The van der Waals surface area contributed by atoms with E-state index in [0.717, 1.165) is 15.6 Å². The monoisotopic (exact) mass is 364 g/mol. The molecule has 0 aromatic heterocycles. The summed E-state index contributed by atoms with van der Waals surface area (Å²) in [7, 11) is -3.31. The van der Waals surface area contributed by atoms with Crippen LogP contribution in [0.4, 0.5) is 0 Å². The smallest absolute Gasteiger partial charge is 0.203 e. The molecule has 0 amide bonds. The highest BCUT2D eigenvalue weighted by molar-refractivity contribution is 14.1. The number of halogens is 1. The van der Waals surface area contributed by atoms with Crippen molar-refractivity contribution in [1.29, 1.82) is 0 Å². The zero-order chi connectivity index (χ0) is 13.1. The minimum absolute atomic E-state index is 0.391. The van der Waals surface area contributed by atoms with Gasteiger partial charge in [0.15, 0.2) is 0 Å². The molecule has 4 heteroatoms. The zero-order valence-electron chi connectivity index (χ0n) is 10.3. The molecule has 17 heavy (non-hydrogen) atoms. The Labute approximate surface area is 117 Å². The fourth-order valence-corrected chi connectivity index (χ4v) is 4.43. The summed E-state index contributed by atoms with van der Waals surface area (Å²) in [6, 6.07) is 7.03. The number of rotatable bonds is 4. The molecule has 0 aliphatic heterocycles. The van der Waals surface area contributed by atoms with Gasteiger partial charge in [0.25, 0.3) is 0 Å². The molecular weight excluding hydrogens is 347 g/mol. The quantitative estimate of drug-likeness (QED) is 0.749. The molecule has 0 atom stereocenters. The van der Waals surface area contributed by atoms with Gasteiger partial charge in [-0.15, -0.1) is 0 Å². The first kappa shape index (κ1) is 14.7. The minimum atomic E-state index is -3.31. The van der Waals surface area contributed by atoms with Gasteiger partial charge in [0.1, 0.15) is 0 Å². The van der Waals surface area contributed by atoms with Crippen molar-refractivity contribution < 1.29 is 8.42 Å². The van der Waals surface area contributed by atoms with Gasteiger partial charge in [0.05, 0.1) is 9.80 Å². The van der Waals surface area contributed by atoms with Crippen LogP contribution in [0.3, 0.4) is 0 Å². The van der Waals surface area contributed by atoms with Crippen molar-refractivity contribution >= 4 is 32.4 Å². The van der Waals surface area contributed by atoms with Gasteiger partial charge >= 0.3 is 0 Å². The first-order chi connectivity index (χ1) is 7.93. The maximum absolute atomic E-state index is 12.4. The van der Waals surface area contributed by atoms with E-state index in [1.165, 1.54) is 0 Å². The van der Waals surface area contributed by atoms with Crippen molar-refractivity contribution in [2.24, 2.45) is 0 Å². The van der Waals surface area contributed by atoms with Crippen LogP contribution in [0.15, 0.2) is 37.6 Å². The molecule has 1 aromatic carbocycles. The Morgan fingerprint density at radius 1 is 1.12 bits per heavy atom. The third kappa shape index (κ3) is 3.31. The number of allylic oxidation sites excluding steroid dienone is 2. The summed E-state index contributed by atoms with van der Waals surface area (Å²) in [5, 5.41) is 0. The SMILES string of the molecule is CC/C(I)=C(/CC)S(=O)(=O)c1ccc(C)cc1. The number of aryl methyl sites for hydroxylation is 1. The number of hydrogen-bond acceptors (Lipinski definition) is 2. The Hall–Kier alpha value is -0.360. The molecule has 0 saturated heterocycles. The summed E-state index contributed by atoms with van der Waals surface area (Å²) in [4.78, 5) is 0.937. The third-order valence-corrected chi connectivity index (χ3v) is 6.45. The summed E-state index contributed by atoms with van der Waals surface area (Å²) in [6.45, 7) is 5.81. The predicted octanol–water partition coefficient (Wildman–Crippen LogP) is 4.24. The van der Waals surface area contributed by atoms with Crippen LogP contribution in [-0.2, 0) is 9.84 Å². The molecule has 1 rings (SSSR count). The summed E-state index contributed by atoms with van der Waals surface area (Å²) < 4.78 is 25.7. The van der Waals surface area contributed by atoms with Gasteiger partial charge in [-0.05, 0) is 54.5 Å². The lowest BCUT2D eigenvalue weighted by molar-refractivity contribution is 0.600. The average molecular weight is 364 g/mol. The van der Waals surface area contributed by atoms with Crippen LogP contribution in [0.2, 0.25) is 0 Å². The third-order valence-electron chi connectivity index (χ3n) is 2.59. The van der Waals surface area contributed by atoms with Crippen LogP contribution in [0.5, 0.6) is 0 Å². The second-order valence-electron chi connectivity index (χ2n) is 3.85. The fraction of sp³-hybridized carbons (Fsp3) is 0.385. The van der Waals surface area contributed by atoms with Crippen LogP contribution in [0, 0.1) is 6.92 Å². The second-order valence-corrected chi connectivity index (χ2v) is 7.12. The first-order valence-electron chi connectivity index (χ1n) is 5.62. The van der Waals surface area contributed by atoms with E-state index in [2.05, 4.69) is 22.6 Å². The highest BCUT2D eigenvalue weighted by atomic mass is 127. The van der Waals surface area contributed by atoms with Gasteiger partial charge in [0, 0.05) is 3.58 Å². The number of sulfone groups is 1. The van der Waals surface area contributed by atoms with E-state index in [4.69, 9.17) is 0 Å². The number of hydrogen-bond donors (Lipinski definition) is 0.